The summed E-state index contributed by atoms with van der Waals surface area (Å²) in [6.07, 6.45) is 6.78. The predicted octanol–water partition coefficient (Wildman–Crippen LogP) is 4.98. The van der Waals surface area contributed by atoms with Crippen molar-refractivity contribution in [1.82, 2.24) is 19.5 Å². The molecule has 0 radical (unpaired) electrons. The molecule has 1 aliphatic heterocycles. The molecule has 2 aliphatic carbocycles. The number of ether oxygens (including phenoxy) is 2. The van der Waals surface area contributed by atoms with Gasteiger partial charge in [-0.25, -0.2) is 15.0 Å². The molecule has 0 bridgehead atoms. The first-order chi connectivity index (χ1) is 17.7. The Bertz CT molecular complexity index is 1540. The van der Waals surface area contributed by atoms with Crippen molar-refractivity contribution in [1.29, 1.82) is 0 Å². The average molecular weight is 499 g/mol. The topological polar surface area (TPSA) is 114 Å². The minimum absolute atomic E-state index is 0.0203. The second kappa shape index (κ2) is 7.65. The van der Waals surface area contributed by atoms with Gasteiger partial charge >= 0.3 is 0 Å². The molecule has 7 rings (SSSR count). The summed E-state index contributed by atoms with van der Waals surface area (Å²) in [5.41, 5.74) is 16.7. The van der Waals surface area contributed by atoms with Gasteiger partial charge in [-0.05, 0) is 74.3 Å². The lowest BCUT2D eigenvalue weighted by atomic mass is 9.91. The summed E-state index contributed by atoms with van der Waals surface area (Å²) in [5.74, 6) is 1.35. The number of hydrogen-bond donors (Lipinski definition) is 2. The highest BCUT2D eigenvalue weighted by Crippen LogP contribution is 2.73. The lowest BCUT2D eigenvalue weighted by Gasteiger charge is -2.24. The second-order valence-electron chi connectivity index (χ2n) is 11.9. The number of aromatic nitrogens is 4. The van der Waals surface area contributed by atoms with E-state index in [0.29, 0.717) is 23.5 Å². The Balaban J connectivity index is 1.19. The zero-order valence-corrected chi connectivity index (χ0v) is 21.8. The van der Waals surface area contributed by atoms with E-state index in [1.54, 1.807) is 6.33 Å². The molecule has 2 saturated carbocycles. The molecule has 4 aromatic rings. The van der Waals surface area contributed by atoms with E-state index >= 15 is 0 Å². The van der Waals surface area contributed by atoms with Crippen LogP contribution in [0.3, 0.4) is 0 Å². The number of hydrogen-bond acceptors (Lipinski definition) is 7. The van der Waals surface area contributed by atoms with Gasteiger partial charge in [-0.1, -0.05) is 26.0 Å². The molecule has 1 unspecified atom stereocenters. The number of anilines is 2. The van der Waals surface area contributed by atoms with Crippen LogP contribution < -0.4 is 11.5 Å². The second-order valence-corrected chi connectivity index (χ2v) is 11.9. The van der Waals surface area contributed by atoms with Crippen molar-refractivity contribution in [2.45, 2.75) is 76.9 Å². The maximum atomic E-state index is 6.58. The van der Waals surface area contributed by atoms with Crippen molar-refractivity contribution >= 4 is 33.6 Å². The van der Waals surface area contributed by atoms with Gasteiger partial charge in [-0.2, -0.15) is 0 Å². The van der Waals surface area contributed by atoms with Crippen LogP contribution >= 0.6 is 0 Å². The van der Waals surface area contributed by atoms with Crippen LogP contribution in [0.4, 0.5) is 11.6 Å². The number of benzene rings is 1. The van der Waals surface area contributed by atoms with E-state index in [1.165, 1.54) is 5.56 Å². The first-order valence-corrected chi connectivity index (χ1v) is 13.3. The van der Waals surface area contributed by atoms with E-state index in [9.17, 15) is 0 Å². The summed E-state index contributed by atoms with van der Waals surface area (Å²) in [6, 6.07) is 11.0. The molecule has 0 amide bonds. The van der Waals surface area contributed by atoms with Gasteiger partial charge in [0.15, 0.2) is 5.79 Å². The third kappa shape index (κ3) is 3.38. The maximum Gasteiger partial charge on any atom is 0.163 e. The van der Waals surface area contributed by atoms with Crippen molar-refractivity contribution < 1.29 is 9.47 Å². The Morgan fingerprint density at radius 1 is 1.08 bits per heavy atom. The highest BCUT2D eigenvalue weighted by atomic mass is 16.8. The number of nitrogens with two attached hydrogens (primary N) is 2. The minimum atomic E-state index is -0.608. The molecular weight excluding hydrogens is 464 g/mol. The zero-order valence-electron chi connectivity index (χ0n) is 21.8. The van der Waals surface area contributed by atoms with Crippen LogP contribution in [0.1, 0.15) is 63.6 Å². The molecule has 8 nitrogen and oxygen atoms in total. The van der Waals surface area contributed by atoms with Crippen LogP contribution in [0.5, 0.6) is 0 Å². The van der Waals surface area contributed by atoms with Crippen LogP contribution in [0.15, 0.2) is 42.9 Å². The number of fused-ring (bicyclic) bond motifs is 5. The fourth-order valence-corrected chi connectivity index (χ4v) is 7.10. The van der Waals surface area contributed by atoms with E-state index in [4.69, 9.17) is 25.9 Å². The molecule has 3 fully saturated rings. The van der Waals surface area contributed by atoms with E-state index < -0.39 is 5.79 Å². The summed E-state index contributed by atoms with van der Waals surface area (Å²) < 4.78 is 15.4. The Labute approximate surface area is 216 Å². The molecule has 3 aliphatic rings. The van der Waals surface area contributed by atoms with Crippen LogP contribution in [0.2, 0.25) is 0 Å². The van der Waals surface area contributed by atoms with Crippen LogP contribution in [0.25, 0.3) is 21.9 Å². The lowest BCUT2D eigenvalue weighted by Crippen LogP contribution is -2.32. The van der Waals surface area contributed by atoms with Crippen molar-refractivity contribution in [3.05, 3.63) is 54.0 Å². The molecule has 4 heterocycles. The summed E-state index contributed by atoms with van der Waals surface area (Å²) in [4.78, 5) is 13.5. The van der Waals surface area contributed by atoms with Gasteiger partial charge in [0.1, 0.15) is 29.7 Å². The van der Waals surface area contributed by atoms with Gasteiger partial charge in [-0.15, -0.1) is 0 Å². The van der Waals surface area contributed by atoms with Crippen LogP contribution in [0, 0.1) is 11.3 Å². The Hall–Kier alpha value is -3.23. The highest BCUT2D eigenvalue weighted by Gasteiger charge is 2.75. The minimum Gasteiger partial charge on any atom is -0.383 e. The van der Waals surface area contributed by atoms with Gasteiger partial charge < -0.3 is 25.5 Å². The molecule has 37 heavy (non-hydrogen) atoms. The van der Waals surface area contributed by atoms with Gasteiger partial charge in [0, 0.05) is 17.0 Å². The maximum absolute atomic E-state index is 6.58. The van der Waals surface area contributed by atoms with Crippen molar-refractivity contribution in [3.63, 3.8) is 0 Å². The quantitative estimate of drug-likeness (QED) is 0.399. The van der Waals surface area contributed by atoms with E-state index in [1.807, 2.05) is 19.9 Å². The molecule has 3 aromatic heterocycles. The van der Waals surface area contributed by atoms with Crippen molar-refractivity contribution in [2.75, 3.05) is 11.5 Å². The highest BCUT2D eigenvalue weighted by molar-refractivity contribution is 5.86. The smallest absolute Gasteiger partial charge is 0.163 e. The lowest BCUT2D eigenvalue weighted by molar-refractivity contribution is -0.161. The number of pyridine rings is 1. The standard InChI is InChI=1S/C29H34N6O2/c1-15(2)19-12-17-6-5-16(11-21(17)34-26(19)31)7-9-29-13-20(29)22(23-24(29)37-28(3,4)36-23)35-10-8-18-25(30)32-14-33-27(18)35/h5-6,8,10-12,14-15,20,22-24H,7,9,13H2,1-4H3,(H2,31,34)(H2,30,32,33)/t20-,22-,23+,24+,29?/m1/s1. The predicted molar refractivity (Wildman–Crippen MR) is 144 cm³/mol. The molecule has 8 heteroatoms. The van der Waals surface area contributed by atoms with Crippen LogP contribution in [-0.2, 0) is 15.9 Å². The number of aryl methyl sites for hydroxylation is 1. The Kier molecular flexibility index (Phi) is 4.74. The number of rotatable bonds is 5. The van der Waals surface area contributed by atoms with Gasteiger partial charge in [0.2, 0.25) is 0 Å². The third-order valence-electron chi connectivity index (χ3n) is 8.93. The molecule has 0 spiro atoms. The molecule has 1 saturated heterocycles. The first-order valence-electron chi connectivity index (χ1n) is 13.3. The molecular formula is C29H34N6O2. The fraction of sp³-hybridized carbons (Fsp3) is 0.483. The van der Waals surface area contributed by atoms with Gasteiger partial charge in [-0.3, -0.25) is 0 Å². The van der Waals surface area contributed by atoms with Gasteiger partial charge in [0.05, 0.1) is 23.0 Å². The van der Waals surface area contributed by atoms with Crippen molar-refractivity contribution in [2.24, 2.45) is 11.3 Å². The fourth-order valence-electron chi connectivity index (χ4n) is 7.10. The summed E-state index contributed by atoms with van der Waals surface area (Å²) in [5, 5.41) is 2.03. The van der Waals surface area contributed by atoms with E-state index in [0.717, 1.165) is 46.8 Å². The average Bonchev–Trinajstić information content (AvgIpc) is 3.10. The van der Waals surface area contributed by atoms with E-state index in [2.05, 4.69) is 58.8 Å². The normalized spacial score (nSPS) is 29.8. The zero-order chi connectivity index (χ0) is 25.7. The summed E-state index contributed by atoms with van der Waals surface area (Å²) in [6.45, 7) is 8.34. The molecule has 1 aromatic carbocycles. The molecule has 5 atom stereocenters. The SMILES string of the molecule is CC(C)c1cc2ccc(CCC34C[C@@H]3[C@@H](n3ccc5c(N)ncnc53)[C@@H]3OC(C)(C)O[C@@H]34)cc2nc1N. The Morgan fingerprint density at radius 3 is 2.73 bits per heavy atom. The van der Waals surface area contributed by atoms with Crippen molar-refractivity contribution in [3.8, 4) is 0 Å². The van der Waals surface area contributed by atoms with E-state index in [-0.39, 0.29) is 23.7 Å². The number of nitrogens with zero attached hydrogens (tertiary/aromatic N) is 4. The van der Waals surface area contributed by atoms with Crippen LogP contribution in [-0.4, -0.2) is 37.5 Å². The third-order valence-corrected chi connectivity index (χ3v) is 8.93. The first kappa shape index (κ1) is 22.9. The van der Waals surface area contributed by atoms with Gasteiger partial charge in [0.25, 0.3) is 0 Å². The summed E-state index contributed by atoms with van der Waals surface area (Å²) >= 11 is 0. The Morgan fingerprint density at radius 2 is 1.92 bits per heavy atom. The summed E-state index contributed by atoms with van der Waals surface area (Å²) in [7, 11) is 0. The largest absolute Gasteiger partial charge is 0.383 e. The molecule has 4 N–H and O–H groups in total. The monoisotopic (exact) mass is 498 g/mol. The molecule has 192 valence electrons. The number of nitrogen functional groups attached to an aromatic ring is 2.